The predicted octanol–water partition coefficient (Wildman–Crippen LogP) is 5.63. The molecule has 0 saturated carbocycles. The number of sulfone groups is 1. The summed E-state index contributed by atoms with van der Waals surface area (Å²) < 4.78 is 71.3. The molecule has 0 atom stereocenters. The fraction of sp³-hybridized carbons (Fsp3) is 0.179. The number of thiazole rings is 1. The first kappa shape index (κ1) is 28.5. The Hall–Kier alpha value is -4.07. The molecule has 0 aliphatic carbocycles. The highest BCUT2D eigenvalue weighted by atomic mass is 32.2. The second-order valence-corrected chi connectivity index (χ2v) is 12.4. The molecule has 3 aromatic carbocycles. The van der Waals surface area contributed by atoms with Crippen LogP contribution < -0.4 is 15.4 Å². The van der Waals surface area contributed by atoms with Crippen LogP contribution in [0.4, 0.5) is 24.7 Å². The van der Waals surface area contributed by atoms with Crippen molar-refractivity contribution in [1.29, 1.82) is 0 Å². The summed E-state index contributed by atoms with van der Waals surface area (Å²) in [4.78, 5) is 12.9. The average molecular weight is 600 g/mol. The van der Waals surface area contributed by atoms with Crippen molar-refractivity contribution in [3.8, 4) is 17.0 Å². The predicted molar refractivity (Wildman–Crippen MR) is 152 cm³/mol. The van der Waals surface area contributed by atoms with Crippen LogP contribution in [0.2, 0.25) is 0 Å². The number of hydrogen-bond acceptors (Lipinski definition) is 9. The molecular weight excluding hydrogens is 575 g/mol. The van der Waals surface area contributed by atoms with Crippen molar-refractivity contribution in [2.75, 3.05) is 23.9 Å². The highest BCUT2D eigenvalue weighted by Gasteiger charge is 2.15. The number of rotatable bonds is 11. The van der Waals surface area contributed by atoms with Gasteiger partial charge in [0.1, 0.15) is 45.2 Å². The van der Waals surface area contributed by atoms with E-state index in [2.05, 4.69) is 25.6 Å². The van der Waals surface area contributed by atoms with E-state index in [-0.39, 0.29) is 30.2 Å². The van der Waals surface area contributed by atoms with Crippen LogP contribution in [-0.2, 0) is 23.0 Å². The molecule has 0 saturated heterocycles. The monoisotopic (exact) mass is 599 g/mol. The van der Waals surface area contributed by atoms with Crippen molar-refractivity contribution in [2.24, 2.45) is 0 Å². The quantitative estimate of drug-likeness (QED) is 0.188. The normalized spacial score (nSPS) is 11.6. The third-order valence-corrected chi connectivity index (χ3v) is 7.75. The number of hydrogen-bond donors (Lipinski definition) is 2. The summed E-state index contributed by atoms with van der Waals surface area (Å²) >= 11 is 1.32. The van der Waals surface area contributed by atoms with E-state index in [9.17, 15) is 17.2 Å². The smallest absolute Gasteiger partial charge is 0.167 e. The van der Waals surface area contributed by atoms with Gasteiger partial charge >= 0.3 is 0 Å². The van der Waals surface area contributed by atoms with E-state index in [1.165, 1.54) is 54.3 Å². The van der Waals surface area contributed by atoms with Crippen LogP contribution in [0.15, 0.2) is 66.3 Å². The van der Waals surface area contributed by atoms with E-state index in [1.54, 1.807) is 29.6 Å². The lowest BCUT2D eigenvalue weighted by molar-refractivity contribution is 0.290. The average Bonchev–Trinajstić information content (AvgIpc) is 3.39. The van der Waals surface area contributed by atoms with Gasteiger partial charge in [-0.3, -0.25) is 0 Å². The summed E-state index contributed by atoms with van der Waals surface area (Å²) in [7, 11) is -3.07. The molecular formula is C28H24F3N5O3S2. The number of aromatic nitrogens is 3. The summed E-state index contributed by atoms with van der Waals surface area (Å²) in [5, 5.41) is 8.96. The van der Waals surface area contributed by atoms with Gasteiger partial charge in [0.05, 0.1) is 17.0 Å². The molecule has 2 heterocycles. The number of nitrogens with one attached hydrogen (secondary N) is 2. The fourth-order valence-corrected chi connectivity index (χ4v) is 5.24. The molecule has 0 amide bonds. The molecule has 2 aromatic heterocycles. The molecule has 8 nitrogen and oxygen atoms in total. The molecule has 0 spiro atoms. The fourth-order valence-electron chi connectivity index (χ4n) is 3.96. The Morgan fingerprint density at radius 3 is 2.63 bits per heavy atom. The Labute approximate surface area is 238 Å². The number of anilines is 2. The minimum Gasteiger partial charge on any atom is -0.486 e. The van der Waals surface area contributed by atoms with Crippen molar-refractivity contribution >= 4 is 43.6 Å². The Bertz CT molecular complexity index is 1820. The van der Waals surface area contributed by atoms with Gasteiger partial charge in [-0.2, -0.15) is 0 Å². The van der Waals surface area contributed by atoms with Gasteiger partial charge in [0.15, 0.2) is 11.6 Å². The number of fused-ring (bicyclic) bond motifs is 1. The summed E-state index contributed by atoms with van der Waals surface area (Å²) in [5.74, 6) is -1.20. The molecule has 2 N–H and O–H groups in total. The van der Waals surface area contributed by atoms with Crippen LogP contribution in [0, 0.1) is 17.5 Å². The Kier molecular flexibility index (Phi) is 8.47. The summed E-state index contributed by atoms with van der Waals surface area (Å²) in [6, 6.07) is 13.0. The highest BCUT2D eigenvalue weighted by molar-refractivity contribution is 7.90. The van der Waals surface area contributed by atoms with E-state index in [4.69, 9.17) is 4.74 Å². The molecule has 0 fully saturated rings. The lowest BCUT2D eigenvalue weighted by Gasteiger charge is -2.12. The van der Waals surface area contributed by atoms with Crippen LogP contribution in [0.5, 0.6) is 5.75 Å². The zero-order valence-corrected chi connectivity index (χ0v) is 23.3. The third kappa shape index (κ3) is 7.37. The maximum Gasteiger partial charge on any atom is 0.167 e. The Morgan fingerprint density at radius 2 is 1.85 bits per heavy atom. The van der Waals surface area contributed by atoms with Crippen molar-refractivity contribution in [3.63, 3.8) is 0 Å². The molecule has 0 radical (unpaired) electrons. The molecule has 5 aromatic rings. The van der Waals surface area contributed by atoms with Gasteiger partial charge in [-0.05, 0) is 35.9 Å². The van der Waals surface area contributed by atoms with E-state index in [0.717, 1.165) is 0 Å². The summed E-state index contributed by atoms with van der Waals surface area (Å²) in [5.41, 5.74) is 1.94. The zero-order chi connectivity index (χ0) is 29.0. The molecule has 0 aliphatic rings. The van der Waals surface area contributed by atoms with E-state index >= 15 is 4.39 Å². The van der Waals surface area contributed by atoms with Gasteiger partial charge < -0.3 is 15.4 Å². The van der Waals surface area contributed by atoms with E-state index in [0.29, 0.717) is 45.2 Å². The minimum atomic E-state index is -3.07. The molecule has 0 unspecified atom stereocenters. The van der Waals surface area contributed by atoms with Gasteiger partial charge in [-0.15, -0.1) is 11.3 Å². The molecule has 212 valence electrons. The molecule has 0 bridgehead atoms. The lowest BCUT2D eigenvalue weighted by atomic mass is 10.1. The summed E-state index contributed by atoms with van der Waals surface area (Å²) in [6.45, 7) is 0.630. The van der Waals surface area contributed by atoms with Gasteiger partial charge in [-0.1, -0.05) is 12.1 Å². The van der Waals surface area contributed by atoms with Gasteiger partial charge in [0, 0.05) is 53.5 Å². The Balaban J connectivity index is 1.32. The third-order valence-electron chi connectivity index (χ3n) is 5.96. The van der Waals surface area contributed by atoms with Crippen molar-refractivity contribution in [2.45, 2.75) is 13.2 Å². The Morgan fingerprint density at radius 1 is 1.00 bits per heavy atom. The van der Waals surface area contributed by atoms with Crippen molar-refractivity contribution in [1.82, 2.24) is 20.3 Å². The second kappa shape index (κ2) is 12.2. The highest BCUT2D eigenvalue weighted by Crippen LogP contribution is 2.32. The van der Waals surface area contributed by atoms with Gasteiger partial charge in [-0.25, -0.2) is 36.5 Å². The van der Waals surface area contributed by atoms with Crippen LogP contribution in [0.1, 0.15) is 10.6 Å². The van der Waals surface area contributed by atoms with Crippen LogP contribution in [0.3, 0.4) is 0 Å². The number of nitrogens with zero attached hydrogens (tertiary/aromatic N) is 3. The second-order valence-electron chi connectivity index (χ2n) is 9.19. The summed E-state index contributed by atoms with van der Waals surface area (Å²) in [6.07, 6.45) is 2.45. The van der Waals surface area contributed by atoms with Crippen LogP contribution >= 0.6 is 11.3 Å². The molecule has 41 heavy (non-hydrogen) atoms. The molecule has 5 rings (SSSR count). The van der Waals surface area contributed by atoms with E-state index < -0.39 is 27.3 Å². The first-order chi connectivity index (χ1) is 19.6. The van der Waals surface area contributed by atoms with Crippen LogP contribution in [-0.4, -0.2) is 41.9 Å². The first-order valence-corrected chi connectivity index (χ1v) is 15.3. The van der Waals surface area contributed by atoms with Crippen molar-refractivity contribution in [3.05, 3.63) is 94.3 Å². The number of ether oxygens (including phenoxy) is 1. The first-order valence-electron chi connectivity index (χ1n) is 12.4. The minimum absolute atomic E-state index is 0.00138. The van der Waals surface area contributed by atoms with Crippen LogP contribution in [0.25, 0.3) is 22.2 Å². The van der Waals surface area contributed by atoms with Gasteiger partial charge in [0.2, 0.25) is 0 Å². The topological polar surface area (TPSA) is 106 Å². The number of halogens is 3. The maximum absolute atomic E-state index is 15.0. The van der Waals surface area contributed by atoms with E-state index in [1.807, 2.05) is 0 Å². The lowest BCUT2D eigenvalue weighted by Crippen LogP contribution is -2.21. The largest absolute Gasteiger partial charge is 0.486 e. The van der Waals surface area contributed by atoms with Gasteiger partial charge in [0.25, 0.3) is 0 Å². The molecule has 0 aliphatic heterocycles. The molecule has 13 heteroatoms. The SMILES string of the molecule is CS(=O)(=O)CCNCc1nc(-c2cc3c(Nc4ccc(OCc5cccc(F)c5)c(F)c4)ncnc3cc2F)cs1. The number of benzene rings is 3. The maximum atomic E-state index is 15.0. The standard InChI is InChI=1S/C28H24F3N5O3S2/c1-41(37,38)8-7-32-13-27-36-25(15-40-27)20-11-21-24(12-22(20)30)33-16-34-28(21)35-19-5-6-26(23(31)10-19)39-14-17-3-2-4-18(29)9-17/h2-6,9-12,15-16,32H,7-8,13-14H2,1H3,(H,33,34,35). The van der Waals surface area contributed by atoms with Crippen molar-refractivity contribution < 1.29 is 26.3 Å². The zero-order valence-electron chi connectivity index (χ0n) is 21.7.